The highest BCUT2D eigenvalue weighted by molar-refractivity contribution is 5.77. The van der Waals surface area contributed by atoms with E-state index < -0.39 is 5.97 Å². The number of rotatable bonds is 4. The molecule has 1 N–H and O–H groups in total. The first-order valence-corrected chi connectivity index (χ1v) is 5.24. The van der Waals surface area contributed by atoms with E-state index in [-0.39, 0.29) is 6.42 Å². The Morgan fingerprint density at radius 3 is 2.76 bits per heavy atom. The summed E-state index contributed by atoms with van der Waals surface area (Å²) in [7, 11) is 0. The lowest BCUT2D eigenvalue weighted by molar-refractivity contribution is -0.136. The van der Waals surface area contributed by atoms with E-state index in [1.807, 2.05) is 6.92 Å². The molecule has 0 aliphatic carbocycles. The van der Waals surface area contributed by atoms with E-state index in [0.29, 0.717) is 12.1 Å². The number of allylic oxidation sites excluding steroid dienone is 1. The van der Waals surface area contributed by atoms with E-state index in [0.717, 1.165) is 16.7 Å². The number of hydrogen-bond donors (Lipinski definition) is 1. The lowest BCUT2D eigenvalue weighted by atomic mass is 10.1. The number of carbonyl (C=O) groups is 1. The highest BCUT2D eigenvalue weighted by Gasteiger charge is 2.06. The van der Waals surface area contributed by atoms with E-state index in [2.05, 4.69) is 16.8 Å². The lowest BCUT2D eigenvalue weighted by Gasteiger charge is -1.95. The molecule has 2 rings (SSSR count). The fourth-order valence-electron chi connectivity index (χ4n) is 1.60. The number of fused-ring (bicyclic) bond motifs is 1. The SMILES string of the molecule is C=C(C)Cn1nc2ccc(CC(=O)O)cc2n1. The minimum Gasteiger partial charge on any atom is -0.481 e. The van der Waals surface area contributed by atoms with Gasteiger partial charge in [-0.15, -0.1) is 0 Å². The molecule has 5 nitrogen and oxygen atoms in total. The Balaban J connectivity index is 2.33. The van der Waals surface area contributed by atoms with Gasteiger partial charge in [0, 0.05) is 0 Å². The van der Waals surface area contributed by atoms with E-state index in [1.54, 1.807) is 23.0 Å². The molecule has 0 amide bonds. The Labute approximate surface area is 98.4 Å². The Bertz CT molecular complexity index is 572. The maximum Gasteiger partial charge on any atom is 0.307 e. The molecule has 0 fully saturated rings. The highest BCUT2D eigenvalue weighted by atomic mass is 16.4. The third-order valence-electron chi connectivity index (χ3n) is 2.25. The van der Waals surface area contributed by atoms with Crippen molar-refractivity contribution in [2.24, 2.45) is 0 Å². The number of carboxylic acid groups (broad SMARTS) is 1. The van der Waals surface area contributed by atoms with Gasteiger partial charge in [0.05, 0.1) is 13.0 Å². The predicted molar refractivity (Wildman–Crippen MR) is 63.7 cm³/mol. The summed E-state index contributed by atoms with van der Waals surface area (Å²) in [6.07, 6.45) is 0.00326. The summed E-state index contributed by atoms with van der Waals surface area (Å²) < 4.78 is 0. The Morgan fingerprint density at radius 1 is 1.41 bits per heavy atom. The van der Waals surface area contributed by atoms with Crippen LogP contribution in [0.1, 0.15) is 12.5 Å². The van der Waals surface area contributed by atoms with Gasteiger partial charge in [0.25, 0.3) is 0 Å². The molecule has 88 valence electrons. The third kappa shape index (κ3) is 2.69. The van der Waals surface area contributed by atoms with Gasteiger partial charge in [-0.2, -0.15) is 15.0 Å². The molecule has 0 aliphatic rings. The van der Waals surface area contributed by atoms with Gasteiger partial charge in [-0.25, -0.2) is 0 Å². The molecule has 0 unspecified atom stereocenters. The molecule has 0 bridgehead atoms. The summed E-state index contributed by atoms with van der Waals surface area (Å²) in [6.45, 7) is 6.28. The Hall–Kier alpha value is -2.17. The number of benzene rings is 1. The fourth-order valence-corrected chi connectivity index (χ4v) is 1.60. The maximum atomic E-state index is 10.6. The molecule has 1 aromatic carbocycles. The number of aliphatic carboxylic acids is 1. The molecule has 5 heteroatoms. The molecule has 0 saturated heterocycles. The Morgan fingerprint density at radius 2 is 2.12 bits per heavy atom. The standard InChI is InChI=1S/C12H13N3O2/c1-8(2)7-15-13-10-4-3-9(6-12(16)17)5-11(10)14-15/h3-5H,1,6-7H2,2H3,(H,16,17). The summed E-state index contributed by atoms with van der Waals surface area (Å²) >= 11 is 0. The van der Waals surface area contributed by atoms with Crippen LogP contribution in [0.2, 0.25) is 0 Å². The molecular weight excluding hydrogens is 218 g/mol. The molecule has 0 spiro atoms. The molecule has 0 atom stereocenters. The molecule has 2 aromatic rings. The van der Waals surface area contributed by atoms with Gasteiger partial charge in [0.1, 0.15) is 11.0 Å². The van der Waals surface area contributed by atoms with Crippen LogP contribution in [0.5, 0.6) is 0 Å². The molecular formula is C12H13N3O2. The molecule has 0 radical (unpaired) electrons. The second-order valence-electron chi connectivity index (χ2n) is 4.08. The summed E-state index contributed by atoms with van der Waals surface area (Å²) in [4.78, 5) is 12.2. The van der Waals surface area contributed by atoms with Crippen LogP contribution in [-0.2, 0) is 17.8 Å². The fraction of sp³-hybridized carbons (Fsp3) is 0.250. The topological polar surface area (TPSA) is 68.0 Å². The lowest BCUT2D eigenvalue weighted by Crippen LogP contribution is -2.02. The van der Waals surface area contributed by atoms with E-state index in [4.69, 9.17) is 5.11 Å². The van der Waals surface area contributed by atoms with Crippen molar-refractivity contribution in [2.75, 3.05) is 0 Å². The second-order valence-corrected chi connectivity index (χ2v) is 4.08. The van der Waals surface area contributed by atoms with Crippen LogP contribution in [0.4, 0.5) is 0 Å². The summed E-state index contributed by atoms with van der Waals surface area (Å²) in [5, 5.41) is 17.3. The van der Waals surface area contributed by atoms with Crippen LogP contribution in [0, 0.1) is 0 Å². The van der Waals surface area contributed by atoms with E-state index >= 15 is 0 Å². The van der Waals surface area contributed by atoms with Crippen LogP contribution in [-0.4, -0.2) is 26.1 Å². The quantitative estimate of drug-likeness (QED) is 0.812. The van der Waals surface area contributed by atoms with Crippen molar-refractivity contribution in [3.05, 3.63) is 35.9 Å². The summed E-state index contributed by atoms with van der Waals surface area (Å²) in [5.41, 5.74) is 3.17. The van der Waals surface area contributed by atoms with Gasteiger partial charge in [0.15, 0.2) is 0 Å². The zero-order valence-electron chi connectivity index (χ0n) is 9.55. The molecule has 1 aromatic heterocycles. The number of nitrogens with zero attached hydrogens (tertiary/aromatic N) is 3. The van der Waals surface area contributed by atoms with Crippen LogP contribution in [0.25, 0.3) is 11.0 Å². The predicted octanol–water partition coefficient (Wildman–Crippen LogP) is 1.63. The summed E-state index contributed by atoms with van der Waals surface area (Å²) in [6, 6.07) is 5.30. The van der Waals surface area contributed by atoms with Gasteiger partial charge >= 0.3 is 5.97 Å². The van der Waals surface area contributed by atoms with E-state index in [9.17, 15) is 4.79 Å². The second kappa shape index (κ2) is 4.37. The van der Waals surface area contributed by atoms with Gasteiger partial charge in [-0.1, -0.05) is 18.2 Å². The first-order valence-electron chi connectivity index (χ1n) is 5.24. The van der Waals surface area contributed by atoms with Crippen molar-refractivity contribution in [2.45, 2.75) is 19.9 Å². The van der Waals surface area contributed by atoms with Gasteiger partial charge in [-0.3, -0.25) is 4.79 Å². The molecule has 1 heterocycles. The van der Waals surface area contributed by atoms with Crippen LogP contribution in [0.3, 0.4) is 0 Å². The van der Waals surface area contributed by atoms with Gasteiger partial charge in [0.2, 0.25) is 0 Å². The van der Waals surface area contributed by atoms with E-state index in [1.165, 1.54) is 0 Å². The maximum absolute atomic E-state index is 10.6. The Kier molecular flexibility index (Phi) is 2.91. The van der Waals surface area contributed by atoms with Crippen molar-refractivity contribution in [1.29, 1.82) is 0 Å². The van der Waals surface area contributed by atoms with Crippen molar-refractivity contribution in [1.82, 2.24) is 15.0 Å². The van der Waals surface area contributed by atoms with Crippen molar-refractivity contribution in [3.8, 4) is 0 Å². The van der Waals surface area contributed by atoms with Crippen LogP contribution in [0.15, 0.2) is 30.4 Å². The largest absolute Gasteiger partial charge is 0.481 e. The van der Waals surface area contributed by atoms with Crippen LogP contribution < -0.4 is 0 Å². The van der Waals surface area contributed by atoms with Crippen molar-refractivity contribution < 1.29 is 9.90 Å². The average Bonchev–Trinajstić information content (AvgIpc) is 2.56. The normalized spacial score (nSPS) is 10.6. The van der Waals surface area contributed by atoms with Crippen molar-refractivity contribution in [3.63, 3.8) is 0 Å². The van der Waals surface area contributed by atoms with Gasteiger partial charge < -0.3 is 5.11 Å². The number of hydrogen-bond acceptors (Lipinski definition) is 3. The third-order valence-corrected chi connectivity index (χ3v) is 2.25. The summed E-state index contributed by atoms with van der Waals surface area (Å²) in [5.74, 6) is -0.848. The van der Waals surface area contributed by atoms with Crippen LogP contribution >= 0.6 is 0 Å². The zero-order chi connectivity index (χ0) is 12.4. The van der Waals surface area contributed by atoms with Gasteiger partial charge in [-0.05, 0) is 24.6 Å². The number of carboxylic acids is 1. The smallest absolute Gasteiger partial charge is 0.307 e. The molecule has 0 aliphatic heterocycles. The monoisotopic (exact) mass is 231 g/mol. The molecule has 17 heavy (non-hydrogen) atoms. The average molecular weight is 231 g/mol. The zero-order valence-corrected chi connectivity index (χ0v) is 9.55. The minimum absolute atomic E-state index is 0.00326. The number of aromatic nitrogens is 3. The molecule has 0 saturated carbocycles. The van der Waals surface area contributed by atoms with Crippen molar-refractivity contribution >= 4 is 17.0 Å². The highest BCUT2D eigenvalue weighted by Crippen LogP contribution is 2.12. The minimum atomic E-state index is -0.848. The first-order chi connectivity index (χ1) is 8.04. The first kappa shape index (κ1) is 11.3.